The van der Waals surface area contributed by atoms with Crippen LogP contribution in [0.15, 0.2) is 36.5 Å². The maximum absolute atomic E-state index is 12.1. The minimum atomic E-state index is -0.273. The van der Waals surface area contributed by atoms with Gasteiger partial charge >= 0.3 is 0 Å². The van der Waals surface area contributed by atoms with Crippen molar-refractivity contribution in [2.24, 2.45) is 0 Å². The number of carbonyl (C=O) groups excluding carboxylic acids is 1. The van der Waals surface area contributed by atoms with Crippen molar-refractivity contribution >= 4 is 11.7 Å². The molecule has 0 spiro atoms. The maximum Gasteiger partial charge on any atom is 0.257 e. The highest BCUT2D eigenvalue weighted by Gasteiger charge is 2.12. The van der Waals surface area contributed by atoms with E-state index in [0.29, 0.717) is 5.56 Å². The number of amides is 1. The topological polar surface area (TPSA) is 62.2 Å². The summed E-state index contributed by atoms with van der Waals surface area (Å²) in [4.78, 5) is 16.0. The number of aromatic nitrogens is 1. The highest BCUT2D eigenvalue weighted by molar-refractivity contribution is 6.05. The summed E-state index contributed by atoms with van der Waals surface area (Å²) >= 11 is 0. The Labute approximate surface area is 105 Å². The first-order chi connectivity index (χ1) is 8.59. The predicted molar refractivity (Wildman–Crippen MR) is 69.8 cm³/mol. The lowest BCUT2D eigenvalue weighted by molar-refractivity contribution is 0.102. The number of benzene rings is 1. The minimum absolute atomic E-state index is 0.0452. The zero-order chi connectivity index (χ0) is 13.1. The number of anilines is 1. The normalized spacial score (nSPS) is 10.1. The van der Waals surface area contributed by atoms with Crippen molar-refractivity contribution in [3.63, 3.8) is 0 Å². The van der Waals surface area contributed by atoms with Gasteiger partial charge in [-0.2, -0.15) is 0 Å². The van der Waals surface area contributed by atoms with Crippen molar-refractivity contribution in [3.05, 3.63) is 53.2 Å². The third kappa shape index (κ3) is 2.32. The molecular formula is C14H14N2O2. The number of hydrogen-bond donors (Lipinski definition) is 2. The largest absolute Gasteiger partial charge is 0.504 e. The van der Waals surface area contributed by atoms with Crippen LogP contribution in [0.4, 0.5) is 5.82 Å². The van der Waals surface area contributed by atoms with Gasteiger partial charge < -0.3 is 10.4 Å². The number of aromatic hydroxyl groups is 1. The van der Waals surface area contributed by atoms with E-state index in [0.717, 1.165) is 11.1 Å². The molecule has 18 heavy (non-hydrogen) atoms. The predicted octanol–water partition coefficient (Wildman–Crippen LogP) is 2.66. The SMILES string of the molecule is Cc1cccc(C(=O)Nc2ncccc2O)c1C. The molecule has 1 aromatic carbocycles. The van der Waals surface area contributed by atoms with Crippen LogP contribution < -0.4 is 5.32 Å². The molecule has 0 aliphatic carbocycles. The van der Waals surface area contributed by atoms with Crippen LogP contribution in [0.3, 0.4) is 0 Å². The molecule has 0 unspecified atom stereocenters. The zero-order valence-electron chi connectivity index (χ0n) is 10.3. The first kappa shape index (κ1) is 12.1. The van der Waals surface area contributed by atoms with E-state index in [2.05, 4.69) is 10.3 Å². The van der Waals surface area contributed by atoms with Crippen LogP contribution in [-0.2, 0) is 0 Å². The monoisotopic (exact) mass is 242 g/mol. The van der Waals surface area contributed by atoms with Crippen molar-refractivity contribution in [3.8, 4) is 5.75 Å². The van der Waals surface area contributed by atoms with Crippen LogP contribution in [0, 0.1) is 13.8 Å². The Hall–Kier alpha value is -2.36. The third-order valence-electron chi connectivity index (χ3n) is 2.87. The summed E-state index contributed by atoms with van der Waals surface area (Å²) in [6.45, 7) is 3.84. The minimum Gasteiger partial charge on any atom is -0.504 e. The molecule has 0 aliphatic heterocycles. The van der Waals surface area contributed by atoms with Crippen LogP contribution in [0.5, 0.6) is 5.75 Å². The van der Waals surface area contributed by atoms with Crippen molar-refractivity contribution < 1.29 is 9.90 Å². The molecule has 2 rings (SSSR count). The lowest BCUT2D eigenvalue weighted by atomic mass is 10.0. The molecule has 92 valence electrons. The molecule has 1 heterocycles. The lowest BCUT2D eigenvalue weighted by Gasteiger charge is -2.09. The van der Waals surface area contributed by atoms with E-state index in [1.165, 1.54) is 12.3 Å². The van der Waals surface area contributed by atoms with E-state index < -0.39 is 0 Å². The third-order valence-corrected chi connectivity index (χ3v) is 2.87. The molecule has 0 fully saturated rings. The van der Waals surface area contributed by atoms with E-state index >= 15 is 0 Å². The van der Waals surface area contributed by atoms with Gasteiger partial charge in [-0.25, -0.2) is 4.98 Å². The number of carbonyl (C=O) groups is 1. The van der Waals surface area contributed by atoms with Crippen LogP contribution in [0.1, 0.15) is 21.5 Å². The molecule has 4 heteroatoms. The molecule has 0 saturated carbocycles. The Morgan fingerprint density at radius 3 is 2.72 bits per heavy atom. The number of pyridine rings is 1. The van der Waals surface area contributed by atoms with Gasteiger partial charge in [0.25, 0.3) is 5.91 Å². The number of hydrogen-bond acceptors (Lipinski definition) is 3. The first-order valence-corrected chi connectivity index (χ1v) is 5.61. The van der Waals surface area contributed by atoms with Gasteiger partial charge in [-0.3, -0.25) is 4.79 Å². The van der Waals surface area contributed by atoms with Gasteiger partial charge in [0.15, 0.2) is 11.6 Å². The second kappa shape index (κ2) is 4.87. The number of rotatable bonds is 2. The number of nitrogens with zero attached hydrogens (tertiary/aromatic N) is 1. The Bertz CT molecular complexity index is 594. The lowest BCUT2D eigenvalue weighted by Crippen LogP contribution is -2.14. The average Bonchev–Trinajstić information content (AvgIpc) is 2.35. The van der Waals surface area contributed by atoms with Crippen molar-refractivity contribution in [2.75, 3.05) is 5.32 Å². The van der Waals surface area contributed by atoms with Crippen LogP contribution in [-0.4, -0.2) is 16.0 Å². The van der Waals surface area contributed by atoms with E-state index in [-0.39, 0.29) is 17.5 Å². The van der Waals surface area contributed by atoms with E-state index in [9.17, 15) is 9.90 Å². The molecule has 0 saturated heterocycles. The Morgan fingerprint density at radius 1 is 1.22 bits per heavy atom. The molecular weight excluding hydrogens is 228 g/mol. The summed E-state index contributed by atoms with van der Waals surface area (Å²) < 4.78 is 0. The molecule has 0 aliphatic rings. The summed E-state index contributed by atoms with van der Waals surface area (Å²) in [6.07, 6.45) is 1.51. The van der Waals surface area contributed by atoms with Gasteiger partial charge in [0.1, 0.15) is 0 Å². The fourth-order valence-electron chi connectivity index (χ4n) is 1.67. The summed E-state index contributed by atoms with van der Waals surface area (Å²) in [7, 11) is 0. The Balaban J connectivity index is 2.28. The molecule has 2 N–H and O–H groups in total. The van der Waals surface area contributed by atoms with Crippen LogP contribution in [0.25, 0.3) is 0 Å². The average molecular weight is 242 g/mol. The number of aryl methyl sites for hydroxylation is 1. The summed E-state index contributed by atoms with van der Waals surface area (Å²) in [5.74, 6) is -0.148. The second-order valence-corrected chi connectivity index (χ2v) is 4.07. The molecule has 1 amide bonds. The van der Waals surface area contributed by atoms with Gasteiger partial charge in [-0.05, 0) is 43.2 Å². The summed E-state index contributed by atoms with van der Waals surface area (Å²) in [5.41, 5.74) is 2.55. The van der Waals surface area contributed by atoms with Gasteiger partial charge in [0.2, 0.25) is 0 Å². The fraction of sp³-hybridized carbons (Fsp3) is 0.143. The summed E-state index contributed by atoms with van der Waals surface area (Å²) in [5, 5.41) is 12.1. The van der Waals surface area contributed by atoms with E-state index in [1.54, 1.807) is 12.1 Å². The smallest absolute Gasteiger partial charge is 0.257 e. The van der Waals surface area contributed by atoms with Crippen LogP contribution >= 0.6 is 0 Å². The van der Waals surface area contributed by atoms with E-state index in [4.69, 9.17) is 0 Å². The fourth-order valence-corrected chi connectivity index (χ4v) is 1.67. The van der Waals surface area contributed by atoms with Gasteiger partial charge in [-0.15, -0.1) is 0 Å². The molecule has 0 bridgehead atoms. The zero-order valence-corrected chi connectivity index (χ0v) is 10.3. The number of nitrogens with one attached hydrogen (secondary N) is 1. The van der Waals surface area contributed by atoms with Gasteiger partial charge in [0, 0.05) is 11.8 Å². The van der Waals surface area contributed by atoms with Crippen molar-refractivity contribution in [2.45, 2.75) is 13.8 Å². The molecule has 1 aromatic heterocycles. The van der Waals surface area contributed by atoms with Crippen molar-refractivity contribution in [1.29, 1.82) is 0 Å². The highest BCUT2D eigenvalue weighted by Crippen LogP contribution is 2.20. The van der Waals surface area contributed by atoms with Gasteiger partial charge in [-0.1, -0.05) is 12.1 Å². The Morgan fingerprint density at radius 2 is 2.00 bits per heavy atom. The van der Waals surface area contributed by atoms with Crippen molar-refractivity contribution in [1.82, 2.24) is 4.98 Å². The Kier molecular flexibility index (Phi) is 3.28. The maximum atomic E-state index is 12.1. The van der Waals surface area contributed by atoms with E-state index in [1.807, 2.05) is 26.0 Å². The quantitative estimate of drug-likeness (QED) is 0.851. The summed E-state index contributed by atoms with van der Waals surface area (Å²) in [6, 6.07) is 8.60. The molecule has 0 radical (unpaired) electrons. The molecule has 4 nitrogen and oxygen atoms in total. The standard InChI is InChI=1S/C14H14N2O2/c1-9-5-3-6-11(10(9)2)14(18)16-13-12(17)7-4-8-15-13/h3-8,17H,1-2H3,(H,15,16,18). The molecule has 2 aromatic rings. The van der Waals surface area contributed by atoms with Crippen LogP contribution in [0.2, 0.25) is 0 Å². The first-order valence-electron chi connectivity index (χ1n) is 5.61. The molecule has 0 atom stereocenters. The highest BCUT2D eigenvalue weighted by atomic mass is 16.3. The second-order valence-electron chi connectivity index (χ2n) is 4.07. The van der Waals surface area contributed by atoms with Gasteiger partial charge in [0.05, 0.1) is 0 Å².